The van der Waals surface area contributed by atoms with Crippen LogP contribution in [0.3, 0.4) is 0 Å². The van der Waals surface area contributed by atoms with Gasteiger partial charge in [-0.15, -0.1) is 12.4 Å². The van der Waals surface area contributed by atoms with Crippen molar-refractivity contribution in [1.82, 2.24) is 16.0 Å². The van der Waals surface area contributed by atoms with E-state index >= 15 is 0 Å². The molecule has 0 bridgehead atoms. The van der Waals surface area contributed by atoms with Gasteiger partial charge < -0.3 is 104 Å². The van der Waals surface area contributed by atoms with E-state index in [9.17, 15) is 104 Å². The zero-order valence-corrected chi connectivity index (χ0v) is 64.1. The van der Waals surface area contributed by atoms with Crippen LogP contribution in [0.4, 0.5) is 0 Å². The molecule has 14 N–H and O–H groups in total. The fraction of sp³-hybridized carbons (Fsp3) is 0.444. The second kappa shape index (κ2) is 29.8. The van der Waals surface area contributed by atoms with Crippen LogP contribution in [0.1, 0.15) is 227 Å². The minimum absolute atomic E-state index is 0. The van der Waals surface area contributed by atoms with Gasteiger partial charge in [-0.1, -0.05) is 36.4 Å². The summed E-state index contributed by atoms with van der Waals surface area (Å²) in [4.78, 5) is 128. The van der Waals surface area contributed by atoms with Crippen molar-refractivity contribution in [3.63, 3.8) is 0 Å². The number of hydrogen-bond donors (Lipinski definition) is 14. The molecule has 0 saturated carbocycles. The first-order valence-electron chi connectivity index (χ1n) is 37.0. The van der Waals surface area contributed by atoms with Gasteiger partial charge in [-0.2, -0.15) is 5.12 Å². The summed E-state index contributed by atoms with van der Waals surface area (Å²) >= 11 is 0. The molecule has 6 aromatic carbocycles. The van der Waals surface area contributed by atoms with Crippen LogP contribution in [-0.2, 0) is 62.1 Å². The lowest BCUT2D eigenvalue weighted by Crippen LogP contribution is -2.71. The number of hydrogen-bond acceptors (Lipinski definition) is 33. The Kier molecular flexibility index (Phi) is 21.2. The molecule has 15 rings (SSSR count). The summed E-state index contributed by atoms with van der Waals surface area (Å²) in [7, 11) is 3.77. The molecule has 3 fully saturated rings. The number of halogens is 1. The number of rotatable bonds is 17. The van der Waals surface area contributed by atoms with Crippen molar-refractivity contribution < 1.29 is 147 Å². The predicted molar refractivity (Wildman–Crippen MR) is 394 cm³/mol. The fourth-order valence-corrected chi connectivity index (χ4v) is 17.9. The summed E-state index contributed by atoms with van der Waals surface area (Å²) in [5.74, 6) is -13.2. The Labute approximate surface area is 660 Å². The number of ether oxygens (including phenoxy) is 9. The fourth-order valence-electron chi connectivity index (χ4n) is 17.9. The zero-order valence-electron chi connectivity index (χ0n) is 63.3. The molecule has 33 nitrogen and oxygen atoms in total. The van der Waals surface area contributed by atoms with Crippen molar-refractivity contribution in [2.75, 3.05) is 21.3 Å². The highest BCUT2D eigenvalue weighted by Crippen LogP contribution is 2.57. The molecule has 610 valence electrons. The number of nitrogens with one attached hydrogen (secondary N) is 2. The molecular weight excluding hydrogens is 1530 g/mol. The molecule has 0 amide bonds. The minimum Gasteiger partial charge on any atom is -0.507 e. The molecule has 12 unspecified atom stereocenters. The first-order valence-corrected chi connectivity index (χ1v) is 37.0. The van der Waals surface area contributed by atoms with Crippen molar-refractivity contribution in [3.8, 4) is 51.7 Å². The van der Waals surface area contributed by atoms with E-state index in [1.807, 2.05) is 0 Å². The average molecular weight is 1620 g/mol. The number of fused-ring (bicyclic) bond motifs is 9. The lowest BCUT2D eigenvalue weighted by molar-refractivity contribution is -0.280. The molecule has 3 heterocycles. The van der Waals surface area contributed by atoms with Crippen LogP contribution in [0.5, 0.6) is 51.7 Å². The highest BCUT2D eigenvalue weighted by molar-refractivity contribution is 6.33. The highest BCUT2D eigenvalue weighted by atomic mass is 35.5. The molecule has 6 aliphatic carbocycles. The van der Waals surface area contributed by atoms with E-state index in [4.69, 9.17) is 42.6 Å². The molecule has 34 heteroatoms. The molecule has 0 spiro atoms. The smallest absolute Gasteiger partial charge is 0.202 e. The maximum atomic E-state index is 14.6. The molecule has 3 saturated heterocycles. The van der Waals surface area contributed by atoms with Gasteiger partial charge in [0.1, 0.15) is 68.5 Å². The lowest BCUT2D eigenvalue weighted by Gasteiger charge is -2.50. The van der Waals surface area contributed by atoms with Crippen LogP contribution in [-0.4, -0.2) is 230 Å². The van der Waals surface area contributed by atoms with Gasteiger partial charge in [-0.05, 0) is 59.7 Å². The SMILES string of the molecule is COc1cccc2c1C(=O)c1c(O)c3c(c(O)c1C2=O)C[C@@](O)(C(C)=O)C[C@@H]3OC1CC(NN(NC2CC(O[C@H]3C[C@](O)(C(C)=O)Cc4c(O)c5c(c(O)c43)C(=O)c3c(OC)cccc3C5=O)OC(C)C2O)C2CC(O[C@H]3C[C@](O)(C(C)=O)Cc4c(O)c5c(c(O)c43)C(=O)c3c(OC)cccc3C5=O)OC(C)C2O)C(O)C(C)O1.Cl. The Morgan fingerprint density at radius 2 is 0.678 bits per heavy atom. The maximum Gasteiger partial charge on any atom is 0.202 e. The summed E-state index contributed by atoms with van der Waals surface area (Å²) in [6.45, 7) is 7.48. The van der Waals surface area contributed by atoms with Crippen molar-refractivity contribution >= 4 is 64.5 Å². The topological polar surface area (TPSA) is 507 Å². The van der Waals surface area contributed by atoms with Crippen molar-refractivity contribution in [3.05, 3.63) is 155 Å². The van der Waals surface area contributed by atoms with Crippen LogP contribution in [0, 0.1) is 0 Å². The molecule has 115 heavy (non-hydrogen) atoms. The van der Waals surface area contributed by atoms with Crippen LogP contribution >= 0.6 is 12.4 Å². The molecule has 18 atom stereocenters. The predicted octanol–water partition coefficient (Wildman–Crippen LogP) is 3.97. The number of aliphatic hydroxyl groups is 6. The molecule has 6 aromatic rings. The number of aliphatic hydroxyl groups excluding tert-OH is 3. The van der Waals surface area contributed by atoms with E-state index in [0.717, 1.165) is 20.8 Å². The number of carbonyl (C=O) groups excluding carboxylic acids is 9. The number of nitrogens with zero attached hydrogens (tertiary/aromatic N) is 1. The van der Waals surface area contributed by atoms with E-state index in [2.05, 4.69) is 10.9 Å². The second-order valence-corrected chi connectivity index (χ2v) is 30.8. The summed E-state index contributed by atoms with van der Waals surface area (Å²) in [5, 5.41) is 149. The number of hydrazine groups is 2. The normalized spacial score (nSPS) is 30.4. The van der Waals surface area contributed by atoms with E-state index in [1.54, 1.807) is 0 Å². The largest absolute Gasteiger partial charge is 0.507 e. The first kappa shape index (κ1) is 81.8. The first-order chi connectivity index (χ1) is 53.9. The summed E-state index contributed by atoms with van der Waals surface area (Å²) < 4.78 is 55.3. The van der Waals surface area contributed by atoms with Crippen molar-refractivity contribution in [2.24, 2.45) is 0 Å². The number of aromatic hydroxyl groups is 6. The van der Waals surface area contributed by atoms with Crippen LogP contribution in [0.15, 0.2) is 54.6 Å². The van der Waals surface area contributed by atoms with E-state index in [0.29, 0.717) is 0 Å². The molecule has 0 radical (unpaired) electrons. The number of carbonyl (C=O) groups is 9. The van der Waals surface area contributed by atoms with Gasteiger partial charge in [0, 0.05) is 108 Å². The lowest BCUT2D eigenvalue weighted by atomic mass is 9.72. The highest BCUT2D eigenvalue weighted by Gasteiger charge is 2.56. The number of methoxy groups -OCH3 is 3. The van der Waals surface area contributed by atoms with Gasteiger partial charge in [0.15, 0.2) is 53.6 Å². The number of phenols is 6. The van der Waals surface area contributed by atoms with E-state index in [1.165, 1.54) is 102 Å². The van der Waals surface area contributed by atoms with Gasteiger partial charge in [-0.25, -0.2) is 10.9 Å². The van der Waals surface area contributed by atoms with Crippen LogP contribution in [0.2, 0.25) is 0 Å². The zero-order chi connectivity index (χ0) is 82.0. The monoisotopic (exact) mass is 1610 g/mol. The minimum atomic E-state index is -2.39. The number of benzene rings is 6. The Hall–Kier alpha value is -9.76. The number of Topliss-reactive ketones (excluding diaryl/α,β-unsaturated/α-hetero) is 3. The third-order valence-electron chi connectivity index (χ3n) is 24.2. The number of phenolic OH excluding ortho intramolecular Hbond substituents is 6. The van der Waals surface area contributed by atoms with Gasteiger partial charge >= 0.3 is 0 Å². The van der Waals surface area contributed by atoms with Gasteiger partial charge in [0.05, 0.1) is 144 Å². The molecule has 0 aromatic heterocycles. The van der Waals surface area contributed by atoms with Crippen molar-refractivity contribution in [2.45, 2.75) is 208 Å². The van der Waals surface area contributed by atoms with Gasteiger partial charge in [0.25, 0.3) is 0 Å². The molecule has 3 aliphatic heterocycles. The molecular formula is C81H84ClN3O30. The van der Waals surface area contributed by atoms with E-state index < -0.39 is 286 Å². The summed E-state index contributed by atoms with van der Waals surface area (Å²) in [6, 6.07) is 8.30. The second-order valence-electron chi connectivity index (χ2n) is 30.8. The standard InChI is InChI=1S/C81H83N3O30.ClH/c1-28-64(88)40(19-49(109-28)112-46-25-79(103,31(4)85)22-37-55(46)76(100)61-58(70(37)94)67(91)34-13-10-16-43(106-7)52(34)73(61)97)82-84(42-21-51(111-30(3)66(42)90)114-48-27-81(105,33(6)87)24-39-57(48)78(102)63-60(72(39)96)69(93)36-15-12-18-45(108-9)54(36)75(63)99)83-41-20-50(110-29(2)65(41)89)113-47-26-80(104,32(5)86)23-38-56(47)77(101)62-59(71(38)95)68(92)35-14-11-17-44(107-8)53(35)74(62)98;/h10-18,28-30,40-42,46-51,64-66,82-83,88-90,94-96,100-105H,19-27H2,1-9H3;1H/t28?,29?,30?,40?,41?,42?,46-,47-,48-,49?,50?,51?,64?,65?,66?,79-,80-,81-;/m0./s1. The maximum absolute atomic E-state index is 14.6. The third kappa shape index (κ3) is 12.9. The van der Waals surface area contributed by atoms with Crippen molar-refractivity contribution in [1.29, 1.82) is 0 Å². The summed E-state index contributed by atoms with van der Waals surface area (Å²) in [6.07, 6.45) is -24.1. The van der Waals surface area contributed by atoms with Gasteiger partial charge in [0.2, 0.25) is 17.3 Å². The third-order valence-corrected chi connectivity index (χ3v) is 24.2. The summed E-state index contributed by atoms with van der Waals surface area (Å²) in [5.41, 5.74) is -7.66. The molecule has 9 aliphatic rings. The van der Waals surface area contributed by atoms with Crippen LogP contribution in [0.25, 0.3) is 0 Å². The van der Waals surface area contributed by atoms with Crippen LogP contribution < -0.4 is 25.1 Å². The van der Waals surface area contributed by atoms with E-state index in [-0.39, 0.29) is 96.4 Å². The number of ketones is 9. The Morgan fingerprint density at radius 1 is 0.409 bits per heavy atom. The van der Waals surface area contributed by atoms with Gasteiger partial charge in [-0.3, -0.25) is 43.2 Å². The average Bonchev–Trinajstić information content (AvgIpc) is 0.719. The Bertz CT molecular complexity index is 4990. The quantitative estimate of drug-likeness (QED) is 0.0453. The Morgan fingerprint density at radius 3 is 0.957 bits per heavy atom. The Balaban J connectivity index is 0.0000109.